The van der Waals surface area contributed by atoms with Crippen molar-refractivity contribution in [3.63, 3.8) is 0 Å². The van der Waals surface area contributed by atoms with Gasteiger partial charge in [-0.3, -0.25) is 14.6 Å². The number of amides is 1. The van der Waals surface area contributed by atoms with Gasteiger partial charge >= 0.3 is 0 Å². The minimum Gasteiger partial charge on any atom is -0.497 e. The summed E-state index contributed by atoms with van der Waals surface area (Å²) in [5.74, 6) is 0.728. The summed E-state index contributed by atoms with van der Waals surface area (Å²) in [5, 5.41) is 0. The highest BCUT2D eigenvalue weighted by atomic mass is 19.1. The van der Waals surface area contributed by atoms with E-state index in [4.69, 9.17) is 4.74 Å². The van der Waals surface area contributed by atoms with E-state index in [1.54, 1.807) is 13.2 Å². The van der Waals surface area contributed by atoms with Crippen LogP contribution in [0.25, 0.3) is 0 Å². The Labute approximate surface area is 226 Å². The number of rotatable bonds is 9. The first-order valence-electron chi connectivity index (χ1n) is 13.6. The van der Waals surface area contributed by atoms with Crippen LogP contribution in [0, 0.1) is 5.82 Å². The number of hydrogen-bond acceptors (Lipinski definition) is 4. The second-order valence-corrected chi connectivity index (χ2v) is 10.2. The molecule has 202 valence electrons. The van der Waals surface area contributed by atoms with Crippen molar-refractivity contribution in [1.82, 2.24) is 14.7 Å². The van der Waals surface area contributed by atoms with Gasteiger partial charge in [-0.05, 0) is 69.2 Å². The van der Waals surface area contributed by atoms with E-state index in [1.807, 2.05) is 55.1 Å². The SMILES string of the molecule is CCN(CC)C(=O)c1ccc([C@H](c2cccc(OC)c2)N2C[C@@H](C)N(Cc3ccccc3F)C[C@@H]2C)cc1. The molecule has 5 nitrogen and oxygen atoms in total. The molecule has 1 aliphatic heterocycles. The fraction of sp³-hybridized carbons (Fsp3) is 0.406. The molecule has 0 spiro atoms. The van der Waals surface area contributed by atoms with Crippen molar-refractivity contribution in [2.45, 2.75) is 52.4 Å². The second-order valence-electron chi connectivity index (χ2n) is 10.2. The number of methoxy groups -OCH3 is 1. The van der Waals surface area contributed by atoms with Crippen molar-refractivity contribution >= 4 is 5.91 Å². The number of ether oxygens (including phenoxy) is 1. The van der Waals surface area contributed by atoms with Gasteiger partial charge in [-0.25, -0.2) is 4.39 Å². The van der Waals surface area contributed by atoms with Crippen molar-refractivity contribution in [3.05, 3.63) is 101 Å². The Morgan fingerprint density at radius 1 is 0.947 bits per heavy atom. The summed E-state index contributed by atoms with van der Waals surface area (Å²) in [5.41, 5.74) is 3.72. The maximum Gasteiger partial charge on any atom is 0.253 e. The standard InChI is InChI=1S/C32H40FN3O2/c1-6-34(7-2)32(37)26-17-15-25(16-18-26)31(27-12-10-13-29(19-27)38-5)36-21-23(3)35(20-24(36)4)22-28-11-8-9-14-30(28)33/h8-19,23-24,31H,6-7,20-22H2,1-5H3/t23-,24+,31-/m1/s1. The van der Waals surface area contributed by atoms with Gasteiger partial charge < -0.3 is 9.64 Å². The predicted molar refractivity (Wildman–Crippen MR) is 151 cm³/mol. The van der Waals surface area contributed by atoms with Crippen LogP contribution in [0.5, 0.6) is 5.75 Å². The first-order chi connectivity index (χ1) is 18.4. The molecule has 0 saturated carbocycles. The Hall–Kier alpha value is -3.22. The fourth-order valence-corrected chi connectivity index (χ4v) is 5.54. The monoisotopic (exact) mass is 517 g/mol. The van der Waals surface area contributed by atoms with Crippen LogP contribution < -0.4 is 4.74 Å². The Bertz CT molecular complexity index is 1210. The highest BCUT2D eigenvalue weighted by Crippen LogP contribution is 2.35. The van der Waals surface area contributed by atoms with Crippen LogP contribution in [0.4, 0.5) is 4.39 Å². The van der Waals surface area contributed by atoms with Crippen LogP contribution in [-0.4, -0.2) is 66.0 Å². The van der Waals surface area contributed by atoms with Gasteiger partial charge in [0.1, 0.15) is 11.6 Å². The summed E-state index contributed by atoms with van der Waals surface area (Å²) in [4.78, 5) is 19.7. The predicted octanol–water partition coefficient (Wildman–Crippen LogP) is 6.00. The molecule has 1 amide bonds. The third-order valence-electron chi connectivity index (χ3n) is 7.76. The zero-order chi connectivity index (χ0) is 27.2. The molecule has 1 saturated heterocycles. The van der Waals surface area contributed by atoms with Crippen LogP contribution >= 0.6 is 0 Å². The van der Waals surface area contributed by atoms with E-state index in [-0.39, 0.29) is 29.8 Å². The number of carbonyl (C=O) groups excluding carboxylic acids is 1. The van der Waals surface area contributed by atoms with E-state index < -0.39 is 0 Å². The third-order valence-corrected chi connectivity index (χ3v) is 7.76. The number of benzene rings is 3. The summed E-state index contributed by atoms with van der Waals surface area (Å²) in [6.45, 7) is 12.1. The smallest absolute Gasteiger partial charge is 0.253 e. The third kappa shape index (κ3) is 6.08. The fourth-order valence-electron chi connectivity index (χ4n) is 5.54. The molecular formula is C32H40FN3O2. The summed E-state index contributed by atoms with van der Waals surface area (Å²) >= 11 is 0. The zero-order valence-electron chi connectivity index (χ0n) is 23.2. The highest BCUT2D eigenvalue weighted by molar-refractivity contribution is 5.94. The number of carbonyl (C=O) groups is 1. The van der Waals surface area contributed by atoms with E-state index in [2.05, 4.69) is 47.9 Å². The molecule has 1 fully saturated rings. The van der Waals surface area contributed by atoms with E-state index in [9.17, 15) is 9.18 Å². The molecule has 6 heteroatoms. The molecule has 0 N–H and O–H groups in total. The van der Waals surface area contributed by atoms with Crippen molar-refractivity contribution in [2.75, 3.05) is 33.3 Å². The Morgan fingerprint density at radius 2 is 1.66 bits per heavy atom. The molecule has 38 heavy (non-hydrogen) atoms. The minimum absolute atomic E-state index is 0.00392. The number of hydrogen-bond donors (Lipinski definition) is 0. The molecule has 0 aromatic heterocycles. The summed E-state index contributed by atoms with van der Waals surface area (Å²) in [7, 11) is 1.69. The van der Waals surface area contributed by atoms with Crippen molar-refractivity contribution in [3.8, 4) is 5.75 Å². The normalized spacial score (nSPS) is 19.2. The first kappa shape index (κ1) is 27.8. The second kappa shape index (κ2) is 12.5. The highest BCUT2D eigenvalue weighted by Gasteiger charge is 2.35. The molecule has 0 unspecified atom stereocenters. The Morgan fingerprint density at radius 3 is 2.32 bits per heavy atom. The van der Waals surface area contributed by atoms with Gasteiger partial charge in [0.2, 0.25) is 0 Å². The van der Waals surface area contributed by atoms with Crippen molar-refractivity contribution in [2.24, 2.45) is 0 Å². The number of nitrogens with zero attached hydrogens (tertiary/aromatic N) is 3. The molecule has 1 aliphatic rings. The molecular weight excluding hydrogens is 477 g/mol. The van der Waals surface area contributed by atoms with Crippen LogP contribution in [0.2, 0.25) is 0 Å². The summed E-state index contributed by atoms with van der Waals surface area (Å²) in [6, 6.07) is 23.8. The van der Waals surface area contributed by atoms with Gasteiger partial charge in [-0.1, -0.05) is 42.5 Å². The lowest BCUT2D eigenvalue weighted by molar-refractivity contribution is 0.0190. The van der Waals surface area contributed by atoms with Gasteiger partial charge in [-0.2, -0.15) is 0 Å². The average molecular weight is 518 g/mol. The van der Waals surface area contributed by atoms with E-state index in [1.165, 1.54) is 6.07 Å². The molecule has 1 heterocycles. The Balaban J connectivity index is 1.64. The van der Waals surface area contributed by atoms with Crippen molar-refractivity contribution in [1.29, 1.82) is 0 Å². The zero-order valence-corrected chi connectivity index (χ0v) is 23.2. The lowest BCUT2D eigenvalue weighted by Gasteiger charge is -2.47. The van der Waals surface area contributed by atoms with Crippen LogP contribution in [0.1, 0.15) is 60.8 Å². The molecule has 3 atom stereocenters. The molecule has 4 rings (SSSR count). The van der Waals surface area contributed by atoms with Crippen LogP contribution in [0.15, 0.2) is 72.8 Å². The van der Waals surface area contributed by atoms with E-state index in [0.29, 0.717) is 25.2 Å². The Kier molecular flexibility index (Phi) is 9.18. The largest absolute Gasteiger partial charge is 0.497 e. The molecule has 0 aliphatic carbocycles. The summed E-state index contributed by atoms with van der Waals surface area (Å²) in [6.07, 6.45) is 0. The molecule has 3 aromatic rings. The first-order valence-corrected chi connectivity index (χ1v) is 13.6. The minimum atomic E-state index is -0.150. The quantitative estimate of drug-likeness (QED) is 0.349. The average Bonchev–Trinajstić information content (AvgIpc) is 2.93. The van der Waals surface area contributed by atoms with E-state index in [0.717, 1.165) is 35.5 Å². The summed E-state index contributed by atoms with van der Waals surface area (Å²) < 4.78 is 20.0. The van der Waals surface area contributed by atoms with Crippen LogP contribution in [-0.2, 0) is 6.54 Å². The lowest BCUT2D eigenvalue weighted by Crippen LogP contribution is -2.56. The van der Waals surface area contributed by atoms with Crippen LogP contribution in [0.3, 0.4) is 0 Å². The molecule has 0 bridgehead atoms. The van der Waals surface area contributed by atoms with Crippen molar-refractivity contribution < 1.29 is 13.9 Å². The maximum absolute atomic E-state index is 14.4. The van der Waals surface area contributed by atoms with E-state index >= 15 is 0 Å². The number of piperazine rings is 1. The molecule has 3 aromatic carbocycles. The number of halogens is 1. The maximum atomic E-state index is 14.4. The van der Waals surface area contributed by atoms with Gasteiger partial charge in [-0.15, -0.1) is 0 Å². The molecule has 0 radical (unpaired) electrons. The lowest BCUT2D eigenvalue weighted by atomic mass is 9.92. The van der Waals surface area contributed by atoms with Gasteiger partial charge in [0.05, 0.1) is 13.2 Å². The van der Waals surface area contributed by atoms with Gasteiger partial charge in [0.15, 0.2) is 0 Å². The topological polar surface area (TPSA) is 36.0 Å². The van der Waals surface area contributed by atoms with Gasteiger partial charge in [0.25, 0.3) is 5.91 Å². The van der Waals surface area contributed by atoms with Gasteiger partial charge in [0, 0.05) is 55.9 Å².